The van der Waals surface area contributed by atoms with E-state index < -0.39 is 35.3 Å². The van der Waals surface area contributed by atoms with Crippen molar-refractivity contribution >= 4 is 5.78 Å². The molecule has 8 heteroatoms. The summed E-state index contributed by atoms with van der Waals surface area (Å²) in [5, 5.41) is 10.6. The Bertz CT molecular complexity index is 835. The van der Waals surface area contributed by atoms with Crippen LogP contribution in [-0.2, 0) is 14.3 Å². The molecule has 2 saturated heterocycles. The van der Waals surface area contributed by atoms with Gasteiger partial charge in [-0.1, -0.05) is 0 Å². The standard InChI is InChI=1S/C16H16N2O6/c19-9-1-5-16(6-2-9)7-3-10-13(24-16)12(21)14(23-10)18-8-4-11(20)17-15(18)22/h1-2,4-6,8,10,12-14,21H,3,7H2,(H,17,20,22)/t10-,12-,13+,14-/m1/s1. The molecule has 0 amide bonds. The Balaban J connectivity index is 1.61. The number of H-pyrrole nitrogens is 1. The van der Waals surface area contributed by atoms with Gasteiger partial charge in [-0.3, -0.25) is 19.1 Å². The molecule has 24 heavy (non-hydrogen) atoms. The lowest BCUT2D eigenvalue weighted by Crippen LogP contribution is -2.48. The number of hydrogen-bond donors (Lipinski definition) is 2. The van der Waals surface area contributed by atoms with E-state index in [0.29, 0.717) is 12.8 Å². The molecule has 4 atom stereocenters. The third kappa shape index (κ3) is 2.39. The lowest BCUT2D eigenvalue weighted by atomic mass is 9.86. The molecule has 1 spiro atoms. The second-order valence-electron chi connectivity index (χ2n) is 6.22. The molecule has 1 aromatic heterocycles. The number of rotatable bonds is 1. The maximum Gasteiger partial charge on any atom is 0.330 e. The van der Waals surface area contributed by atoms with Crippen LogP contribution in [0.1, 0.15) is 19.1 Å². The number of ether oxygens (including phenoxy) is 2. The van der Waals surface area contributed by atoms with Gasteiger partial charge in [-0.2, -0.15) is 0 Å². The highest BCUT2D eigenvalue weighted by Crippen LogP contribution is 2.42. The van der Waals surface area contributed by atoms with Crippen LogP contribution in [0.2, 0.25) is 0 Å². The number of carbonyl (C=O) groups excluding carboxylic acids is 1. The summed E-state index contributed by atoms with van der Waals surface area (Å²) < 4.78 is 13.0. The zero-order valence-electron chi connectivity index (χ0n) is 12.6. The van der Waals surface area contributed by atoms with Crippen molar-refractivity contribution in [2.24, 2.45) is 0 Å². The van der Waals surface area contributed by atoms with Gasteiger partial charge >= 0.3 is 5.69 Å². The Kier molecular flexibility index (Phi) is 3.41. The summed E-state index contributed by atoms with van der Waals surface area (Å²) in [4.78, 5) is 36.6. The fraction of sp³-hybridized carbons (Fsp3) is 0.438. The van der Waals surface area contributed by atoms with Gasteiger partial charge < -0.3 is 14.6 Å². The number of aromatic nitrogens is 2. The topological polar surface area (TPSA) is 111 Å². The fourth-order valence-corrected chi connectivity index (χ4v) is 3.44. The largest absolute Gasteiger partial charge is 0.386 e. The van der Waals surface area contributed by atoms with Crippen molar-refractivity contribution in [3.63, 3.8) is 0 Å². The van der Waals surface area contributed by atoms with E-state index in [4.69, 9.17) is 9.47 Å². The van der Waals surface area contributed by atoms with Crippen LogP contribution in [-0.4, -0.2) is 44.4 Å². The van der Waals surface area contributed by atoms with Gasteiger partial charge in [-0.15, -0.1) is 0 Å². The van der Waals surface area contributed by atoms with Crippen LogP contribution in [0.15, 0.2) is 46.2 Å². The predicted molar refractivity (Wildman–Crippen MR) is 81.4 cm³/mol. The normalized spacial score (nSPS) is 33.8. The van der Waals surface area contributed by atoms with Gasteiger partial charge in [0.15, 0.2) is 12.0 Å². The maximum absolute atomic E-state index is 11.9. The molecule has 2 N–H and O–H groups in total. The summed E-state index contributed by atoms with van der Waals surface area (Å²) in [6.07, 6.45) is 5.79. The average Bonchev–Trinajstić information content (AvgIpc) is 2.87. The fourth-order valence-electron chi connectivity index (χ4n) is 3.44. The molecule has 3 heterocycles. The van der Waals surface area contributed by atoms with Crippen LogP contribution in [0.4, 0.5) is 0 Å². The highest BCUT2D eigenvalue weighted by molar-refractivity contribution is 6.00. The molecule has 8 nitrogen and oxygen atoms in total. The first kappa shape index (κ1) is 15.3. The molecule has 3 aliphatic rings. The first-order valence-corrected chi connectivity index (χ1v) is 7.73. The lowest BCUT2D eigenvalue weighted by molar-refractivity contribution is -0.132. The van der Waals surface area contributed by atoms with Crippen molar-refractivity contribution in [3.8, 4) is 0 Å². The van der Waals surface area contributed by atoms with Crippen molar-refractivity contribution in [2.45, 2.75) is 43.0 Å². The van der Waals surface area contributed by atoms with Crippen LogP contribution in [0.5, 0.6) is 0 Å². The first-order chi connectivity index (χ1) is 11.5. The summed E-state index contributed by atoms with van der Waals surface area (Å²) in [6.45, 7) is 0. The quantitative estimate of drug-likeness (QED) is 0.711. The van der Waals surface area contributed by atoms with Gasteiger partial charge in [0.05, 0.1) is 6.10 Å². The molecule has 1 aliphatic carbocycles. The van der Waals surface area contributed by atoms with E-state index in [9.17, 15) is 19.5 Å². The Hall–Kier alpha value is -2.29. The van der Waals surface area contributed by atoms with E-state index in [1.165, 1.54) is 24.4 Å². The molecule has 1 aromatic rings. The average molecular weight is 332 g/mol. The third-order valence-electron chi connectivity index (χ3n) is 4.67. The molecular formula is C16H16N2O6. The number of aliphatic hydroxyl groups is 1. The van der Waals surface area contributed by atoms with Crippen LogP contribution >= 0.6 is 0 Å². The van der Waals surface area contributed by atoms with Crippen molar-refractivity contribution in [1.82, 2.24) is 9.55 Å². The van der Waals surface area contributed by atoms with E-state index in [0.717, 1.165) is 4.57 Å². The number of ketones is 1. The monoisotopic (exact) mass is 332 g/mol. The number of carbonyl (C=O) groups is 1. The first-order valence-electron chi connectivity index (χ1n) is 7.73. The summed E-state index contributed by atoms with van der Waals surface area (Å²) in [6, 6.07) is 1.19. The summed E-state index contributed by atoms with van der Waals surface area (Å²) in [7, 11) is 0. The number of nitrogens with one attached hydrogen (secondary N) is 1. The van der Waals surface area contributed by atoms with Gasteiger partial charge in [0.25, 0.3) is 5.56 Å². The molecule has 2 fully saturated rings. The van der Waals surface area contributed by atoms with E-state index in [2.05, 4.69) is 4.98 Å². The number of nitrogens with zero attached hydrogens (tertiary/aromatic N) is 1. The number of aromatic amines is 1. The van der Waals surface area contributed by atoms with Crippen LogP contribution in [0.3, 0.4) is 0 Å². The molecule has 4 rings (SSSR count). The summed E-state index contributed by atoms with van der Waals surface area (Å²) >= 11 is 0. The van der Waals surface area contributed by atoms with Crippen LogP contribution in [0.25, 0.3) is 0 Å². The highest BCUT2D eigenvalue weighted by atomic mass is 16.6. The van der Waals surface area contributed by atoms with Crippen molar-refractivity contribution in [1.29, 1.82) is 0 Å². The Morgan fingerprint density at radius 2 is 2.00 bits per heavy atom. The number of allylic oxidation sites excluding steroid dienone is 2. The Labute approximate surface area is 136 Å². The van der Waals surface area contributed by atoms with Crippen LogP contribution in [0, 0.1) is 0 Å². The smallest absolute Gasteiger partial charge is 0.330 e. The zero-order valence-corrected chi connectivity index (χ0v) is 12.6. The van der Waals surface area contributed by atoms with Crippen LogP contribution < -0.4 is 11.2 Å². The predicted octanol–water partition coefficient (Wildman–Crippen LogP) is -0.592. The SMILES string of the molecule is O=C1C=CC2(C=C1)CC[C@H]1O[C@@H](n3ccc(=O)[nH]c3=O)[C@H](O)[C@H]1O2. The van der Waals surface area contributed by atoms with E-state index in [1.54, 1.807) is 12.2 Å². The van der Waals surface area contributed by atoms with Gasteiger partial charge in [-0.05, 0) is 37.1 Å². The number of aliphatic hydroxyl groups excluding tert-OH is 1. The maximum atomic E-state index is 11.9. The van der Waals surface area contributed by atoms with Crippen molar-refractivity contribution < 1.29 is 19.4 Å². The number of fused-ring (bicyclic) bond motifs is 1. The lowest BCUT2D eigenvalue weighted by Gasteiger charge is -2.39. The summed E-state index contributed by atoms with van der Waals surface area (Å²) in [5.74, 6) is -0.104. The van der Waals surface area contributed by atoms with E-state index in [-0.39, 0.29) is 11.9 Å². The van der Waals surface area contributed by atoms with Gasteiger partial charge in [0.1, 0.15) is 17.8 Å². The summed E-state index contributed by atoms with van der Waals surface area (Å²) in [5.41, 5.74) is -1.90. The molecule has 0 saturated carbocycles. The van der Waals surface area contributed by atoms with Gasteiger partial charge in [-0.25, -0.2) is 4.79 Å². The van der Waals surface area contributed by atoms with Gasteiger partial charge in [0, 0.05) is 12.3 Å². The molecule has 2 aliphatic heterocycles. The second-order valence-corrected chi connectivity index (χ2v) is 6.22. The third-order valence-corrected chi connectivity index (χ3v) is 4.67. The minimum atomic E-state index is -1.07. The zero-order chi connectivity index (χ0) is 16.9. The molecule has 126 valence electrons. The highest BCUT2D eigenvalue weighted by Gasteiger charge is 2.52. The second kappa shape index (κ2) is 5.37. The molecule has 0 bridgehead atoms. The number of hydrogen-bond acceptors (Lipinski definition) is 6. The van der Waals surface area contributed by atoms with Gasteiger partial charge in [0.2, 0.25) is 0 Å². The molecular weight excluding hydrogens is 316 g/mol. The van der Waals surface area contributed by atoms with E-state index >= 15 is 0 Å². The Morgan fingerprint density at radius 1 is 1.25 bits per heavy atom. The molecule has 0 unspecified atom stereocenters. The minimum absolute atomic E-state index is 0.104. The van der Waals surface area contributed by atoms with E-state index in [1.807, 2.05) is 0 Å². The molecule has 0 aromatic carbocycles. The van der Waals surface area contributed by atoms with Crippen molar-refractivity contribution in [2.75, 3.05) is 0 Å². The van der Waals surface area contributed by atoms with Crippen molar-refractivity contribution in [3.05, 3.63) is 57.4 Å². The molecule has 0 radical (unpaired) electrons. The Morgan fingerprint density at radius 3 is 2.71 bits per heavy atom. The minimum Gasteiger partial charge on any atom is -0.386 e.